The summed E-state index contributed by atoms with van der Waals surface area (Å²) in [6.07, 6.45) is 7.20. The zero-order valence-electron chi connectivity index (χ0n) is 14.4. The molecule has 2 heterocycles. The predicted octanol–water partition coefficient (Wildman–Crippen LogP) is -1.10. The Kier molecular flexibility index (Phi) is 3.80. The van der Waals surface area contributed by atoms with Crippen LogP contribution < -0.4 is 28.7 Å². The molecule has 1 aromatic rings. The van der Waals surface area contributed by atoms with Gasteiger partial charge in [-0.1, -0.05) is 24.8 Å². The van der Waals surface area contributed by atoms with E-state index in [0.717, 1.165) is 30.4 Å². The fraction of sp³-hybridized carbons (Fsp3) is 0.500. The second-order valence-electron chi connectivity index (χ2n) is 8.12. The number of likely N-dealkylation sites (N-methyl/N-ethyl adjacent to an activating group) is 1. The standard InChI is InChI=1S/C20H23NO3.HI/c1-3-9-21(2)10-8-20-13-5-7-16(23)19(20)24-18-15(22)6-4-12(17(18)20)11-14(13)21;/h3-7,13-14,16,19,23H,1,8-11H2,2H3;1H/t13-,14+,16-,19-,20-,21-;/m0./s1. The lowest BCUT2D eigenvalue weighted by Crippen LogP contribution is -3.00. The molecular formula is C20H24INO3. The first-order valence-electron chi connectivity index (χ1n) is 8.85. The van der Waals surface area contributed by atoms with E-state index in [1.54, 1.807) is 6.07 Å². The topological polar surface area (TPSA) is 49.7 Å². The van der Waals surface area contributed by atoms with E-state index in [9.17, 15) is 10.2 Å². The monoisotopic (exact) mass is 453 g/mol. The largest absolute Gasteiger partial charge is 1.00 e. The number of likely N-dealkylation sites (tertiary alicyclic amines) is 1. The van der Waals surface area contributed by atoms with Crippen molar-refractivity contribution in [3.63, 3.8) is 0 Å². The third kappa shape index (κ3) is 1.95. The van der Waals surface area contributed by atoms with Crippen molar-refractivity contribution in [2.75, 3.05) is 20.1 Å². The van der Waals surface area contributed by atoms with Crippen LogP contribution in [0.1, 0.15) is 17.5 Å². The quantitative estimate of drug-likeness (QED) is 0.340. The van der Waals surface area contributed by atoms with Crippen molar-refractivity contribution >= 4 is 0 Å². The number of hydrogen-bond donors (Lipinski definition) is 2. The van der Waals surface area contributed by atoms with Crippen molar-refractivity contribution < 1.29 is 43.4 Å². The number of halogens is 1. The van der Waals surface area contributed by atoms with Gasteiger partial charge in [0.25, 0.3) is 0 Å². The zero-order valence-corrected chi connectivity index (χ0v) is 16.5. The minimum atomic E-state index is -0.615. The fourth-order valence-corrected chi connectivity index (χ4v) is 6.02. The van der Waals surface area contributed by atoms with Crippen molar-refractivity contribution in [2.45, 2.75) is 36.5 Å². The van der Waals surface area contributed by atoms with E-state index < -0.39 is 6.10 Å². The molecule has 2 N–H and O–H groups in total. The van der Waals surface area contributed by atoms with Gasteiger partial charge in [0.15, 0.2) is 11.5 Å². The van der Waals surface area contributed by atoms with Crippen LogP contribution in [-0.4, -0.2) is 53.1 Å². The van der Waals surface area contributed by atoms with E-state index in [1.807, 2.05) is 12.2 Å². The summed E-state index contributed by atoms with van der Waals surface area (Å²) in [4.78, 5) is 0. The minimum absolute atomic E-state index is 0. The molecule has 0 unspecified atom stereocenters. The number of nitrogens with zero attached hydrogens (tertiary/aromatic N) is 1. The lowest BCUT2D eigenvalue weighted by atomic mass is 9.52. The molecule has 2 aliphatic carbocycles. The Hall–Kier alpha value is -1.05. The highest BCUT2D eigenvalue weighted by atomic mass is 127. The molecule has 4 nitrogen and oxygen atoms in total. The van der Waals surface area contributed by atoms with Gasteiger partial charge in [-0.2, -0.15) is 0 Å². The number of phenolic OH excluding ortho intramolecular Hbond substituents is 1. The first-order chi connectivity index (χ1) is 11.5. The molecule has 0 saturated carbocycles. The molecule has 25 heavy (non-hydrogen) atoms. The van der Waals surface area contributed by atoms with E-state index in [0.29, 0.717) is 17.7 Å². The van der Waals surface area contributed by atoms with Gasteiger partial charge in [-0.3, -0.25) is 0 Å². The Morgan fingerprint density at radius 3 is 2.96 bits per heavy atom. The van der Waals surface area contributed by atoms with Crippen molar-refractivity contribution in [2.24, 2.45) is 5.92 Å². The van der Waals surface area contributed by atoms with E-state index in [-0.39, 0.29) is 41.2 Å². The van der Waals surface area contributed by atoms with Gasteiger partial charge < -0.3 is 43.4 Å². The van der Waals surface area contributed by atoms with Crippen molar-refractivity contribution in [1.82, 2.24) is 0 Å². The molecule has 6 atom stereocenters. The number of phenols is 1. The lowest BCUT2D eigenvalue weighted by Gasteiger charge is -2.59. The Morgan fingerprint density at radius 2 is 2.20 bits per heavy atom. The maximum atomic E-state index is 10.6. The molecule has 1 aromatic carbocycles. The van der Waals surface area contributed by atoms with Gasteiger partial charge in [0.1, 0.15) is 18.2 Å². The molecule has 134 valence electrons. The summed E-state index contributed by atoms with van der Waals surface area (Å²) in [5.41, 5.74) is 2.25. The number of aliphatic hydroxyl groups excluding tert-OH is 1. The molecule has 1 spiro atoms. The summed E-state index contributed by atoms with van der Waals surface area (Å²) in [5, 5.41) is 20.9. The molecule has 1 saturated heterocycles. The first-order valence-corrected chi connectivity index (χ1v) is 8.85. The van der Waals surface area contributed by atoms with Crippen LogP contribution in [0.25, 0.3) is 0 Å². The summed E-state index contributed by atoms with van der Waals surface area (Å²) in [7, 11) is 2.33. The van der Waals surface area contributed by atoms with E-state index >= 15 is 0 Å². The molecule has 5 rings (SSSR count). The molecule has 5 heteroatoms. The average Bonchev–Trinajstić information content (AvgIpc) is 2.91. The fourth-order valence-electron chi connectivity index (χ4n) is 6.02. The smallest absolute Gasteiger partial charge is 0.165 e. The Balaban J connectivity index is 0.00000157. The lowest BCUT2D eigenvalue weighted by molar-refractivity contribution is -0.938. The number of benzene rings is 1. The van der Waals surface area contributed by atoms with Crippen LogP contribution in [0.3, 0.4) is 0 Å². The maximum absolute atomic E-state index is 10.6. The molecule has 2 aliphatic heterocycles. The minimum Gasteiger partial charge on any atom is -1.00 e. The van der Waals surface area contributed by atoms with Crippen LogP contribution in [0.15, 0.2) is 36.9 Å². The summed E-state index contributed by atoms with van der Waals surface area (Å²) in [6, 6.07) is 4.25. The highest BCUT2D eigenvalue weighted by molar-refractivity contribution is 5.61. The van der Waals surface area contributed by atoms with Crippen LogP contribution in [0.2, 0.25) is 0 Å². The van der Waals surface area contributed by atoms with Gasteiger partial charge in [0.05, 0.1) is 25.6 Å². The first kappa shape index (κ1) is 17.4. The third-order valence-corrected chi connectivity index (χ3v) is 7.09. The van der Waals surface area contributed by atoms with Crippen LogP contribution in [0.4, 0.5) is 0 Å². The second kappa shape index (κ2) is 5.47. The molecular weight excluding hydrogens is 429 g/mol. The van der Waals surface area contributed by atoms with Crippen molar-refractivity contribution in [3.8, 4) is 11.5 Å². The van der Waals surface area contributed by atoms with E-state index in [1.165, 1.54) is 11.1 Å². The third-order valence-electron chi connectivity index (χ3n) is 7.09. The predicted molar refractivity (Wildman–Crippen MR) is 91.1 cm³/mol. The van der Waals surface area contributed by atoms with Crippen LogP contribution in [0, 0.1) is 5.92 Å². The highest BCUT2D eigenvalue weighted by Crippen LogP contribution is 2.63. The number of hydrogen-bond acceptors (Lipinski definition) is 3. The number of aliphatic hydroxyl groups is 1. The normalized spacial score (nSPS) is 42.2. The second-order valence-corrected chi connectivity index (χ2v) is 8.12. The van der Waals surface area contributed by atoms with Gasteiger partial charge in [0.2, 0.25) is 0 Å². The van der Waals surface area contributed by atoms with E-state index in [2.05, 4.69) is 25.8 Å². The molecule has 2 bridgehead atoms. The Labute approximate surface area is 165 Å². The van der Waals surface area contributed by atoms with Gasteiger partial charge in [-0.25, -0.2) is 0 Å². The van der Waals surface area contributed by atoms with Crippen molar-refractivity contribution in [1.29, 1.82) is 0 Å². The summed E-state index contributed by atoms with van der Waals surface area (Å²) < 4.78 is 7.16. The van der Waals surface area contributed by atoms with Gasteiger partial charge in [-0.05, 0) is 17.7 Å². The van der Waals surface area contributed by atoms with E-state index in [4.69, 9.17) is 4.74 Å². The molecule has 0 aromatic heterocycles. The molecule has 1 fully saturated rings. The summed E-state index contributed by atoms with van der Waals surface area (Å²) in [5.74, 6) is 1.15. The molecule has 0 amide bonds. The number of piperidine rings is 1. The average molecular weight is 453 g/mol. The van der Waals surface area contributed by atoms with Crippen LogP contribution >= 0.6 is 0 Å². The number of aromatic hydroxyl groups is 1. The number of rotatable bonds is 2. The Bertz CT molecular complexity index is 778. The summed E-state index contributed by atoms with van der Waals surface area (Å²) >= 11 is 0. The van der Waals surface area contributed by atoms with Gasteiger partial charge in [-0.15, -0.1) is 0 Å². The number of quaternary nitrogens is 1. The SMILES string of the molecule is C=CC[N@@+]1(C)CC[C@]23c4c5ccc(O)c4O[C@H]2[C@@H](O)C=C[C@H]3[C@H]1C5.[I-]. The molecule has 4 aliphatic rings. The number of ether oxygens (including phenoxy) is 1. The summed E-state index contributed by atoms with van der Waals surface area (Å²) in [6.45, 7) is 5.97. The maximum Gasteiger partial charge on any atom is 0.165 e. The highest BCUT2D eigenvalue weighted by Gasteiger charge is 2.67. The Morgan fingerprint density at radius 1 is 1.40 bits per heavy atom. The van der Waals surface area contributed by atoms with Gasteiger partial charge in [0, 0.05) is 24.3 Å². The van der Waals surface area contributed by atoms with Gasteiger partial charge >= 0.3 is 0 Å². The van der Waals surface area contributed by atoms with Crippen LogP contribution in [-0.2, 0) is 11.8 Å². The van der Waals surface area contributed by atoms with Crippen molar-refractivity contribution in [3.05, 3.63) is 48.1 Å². The molecule has 0 radical (unpaired) electrons. The zero-order chi connectivity index (χ0) is 16.7. The van der Waals surface area contributed by atoms with Crippen LogP contribution in [0.5, 0.6) is 11.5 Å².